The summed E-state index contributed by atoms with van der Waals surface area (Å²) >= 11 is 6.11. The minimum Gasteiger partial charge on any atom is -0.305 e. The molecule has 3 nitrogen and oxygen atoms in total. The molecule has 0 saturated heterocycles. The Balaban J connectivity index is 2.19. The zero-order valence-corrected chi connectivity index (χ0v) is 10.6. The quantitative estimate of drug-likeness (QED) is 0.767. The summed E-state index contributed by atoms with van der Waals surface area (Å²) in [6.45, 7) is 0.148. The minimum absolute atomic E-state index is 0.148. The molecule has 0 atom stereocenters. The Labute approximate surface area is 113 Å². The van der Waals surface area contributed by atoms with Crippen molar-refractivity contribution in [2.75, 3.05) is 0 Å². The summed E-state index contributed by atoms with van der Waals surface area (Å²) in [7, 11) is 0. The molecule has 0 radical (unpaired) electrons. The van der Waals surface area contributed by atoms with Gasteiger partial charge in [0.2, 0.25) is 0 Å². The molecule has 19 heavy (non-hydrogen) atoms. The molecule has 0 amide bonds. The zero-order valence-electron chi connectivity index (χ0n) is 9.86. The van der Waals surface area contributed by atoms with Crippen LogP contribution in [0.3, 0.4) is 0 Å². The van der Waals surface area contributed by atoms with E-state index in [0.717, 1.165) is 0 Å². The number of hydrogen-bond donors (Lipinski definition) is 1. The van der Waals surface area contributed by atoms with Crippen molar-refractivity contribution in [2.24, 2.45) is 0 Å². The second-order valence-electron chi connectivity index (χ2n) is 4.24. The van der Waals surface area contributed by atoms with Crippen LogP contribution in [0.1, 0.15) is 5.56 Å². The maximum Gasteiger partial charge on any atom is 0.326 e. The van der Waals surface area contributed by atoms with Crippen LogP contribution in [0.25, 0.3) is 11.0 Å². The lowest BCUT2D eigenvalue weighted by molar-refractivity contribution is 0.599. The number of rotatable bonds is 2. The number of imidazole rings is 1. The molecule has 1 heterocycles. The summed E-state index contributed by atoms with van der Waals surface area (Å²) in [5.74, 6) is -0.337. The van der Waals surface area contributed by atoms with Gasteiger partial charge in [0, 0.05) is 5.56 Å². The van der Waals surface area contributed by atoms with Crippen molar-refractivity contribution in [3.8, 4) is 0 Å². The van der Waals surface area contributed by atoms with Gasteiger partial charge in [-0.25, -0.2) is 9.18 Å². The Morgan fingerprint density at radius 3 is 2.74 bits per heavy atom. The van der Waals surface area contributed by atoms with Gasteiger partial charge in [0.25, 0.3) is 0 Å². The minimum atomic E-state index is -0.337. The third-order valence-corrected chi connectivity index (χ3v) is 3.33. The predicted octanol–water partition coefficient (Wildman–Crippen LogP) is 3.17. The number of nitrogens with one attached hydrogen (secondary N) is 1. The average Bonchev–Trinajstić information content (AvgIpc) is 2.70. The largest absolute Gasteiger partial charge is 0.326 e. The van der Waals surface area contributed by atoms with Crippen LogP contribution in [0.5, 0.6) is 0 Å². The maximum absolute atomic E-state index is 13.7. The first-order chi connectivity index (χ1) is 9.16. The highest BCUT2D eigenvalue weighted by Crippen LogP contribution is 2.21. The number of para-hydroxylation sites is 1. The van der Waals surface area contributed by atoms with E-state index in [-0.39, 0.29) is 18.1 Å². The Bertz CT molecular complexity index is 807. The highest BCUT2D eigenvalue weighted by atomic mass is 35.5. The highest BCUT2D eigenvalue weighted by Gasteiger charge is 2.11. The number of aromatic nitrogens is 2. The molecule has 0 fully saturated rings. The van der Waals surface area contributed by atoms with E-state index in [4.69, 9.17) is 11.6 Å². The fraction of sp³-hybridized carbons (Fsp3) is 0.0714. The van der Waals surface area contributed by atoms with Crippen LogP contribution in [0, 0.1) is 5.82 Å². The van der Waals surface area contributed by atoms with Crippen LogP contribution < -0.4 is 5.69 Å². The van der Waals surface area contributed by atoms with Crippen LogP contribution in [0.4, 0.5) is 4.39 Å². The van der Waals surface area contributed by atoms with Gasteiger partial charge in [0.05, 0.1) is 22.6 Å². The van der Waals surface area contributed by atoms with Crippen LogP contribution in [0.2, 0.25) is 5.02 Å². The topological polar surface area (TPSA) is 37.8 Å². The predicted molar refractivity (Wildman–Crippen MR) is 73.1 cm³/mol. The Hall–Kier alpha value is -2.07. The van der Waals surface area contributed by atoms with Crippen molar-refractivity contribution < 1.29 is 4.39 Å². The summed E-state index contributed by atoms with van der Waals surface area (Å²) in [6, 6.07) is 11.6. The van der Waals surface area contributed by atoms with Gasteiger partial charge in [-0.3, -0.25) is 4.57 Å². The van der Waals surface area contributed by atoms with E-state index in [1.165, 1.54) is 10.6 Å². The van der Waals surface area contributed by atoms with Crippen LogP contribution >= 0.6 is 11.6 Å². The third-order valence-electron chi connectivity index (χ3n) is 3.03. The first-order valence-corrected chi connectivity index (χ1v) is 6.15. The first kappa shape index (κ1) is 12.0. The number of benzene rings is 2. The first-order valence-electron chi connectivity index (χ1n) is 5.77. The lowest BCUT2D eigenvalue weighted by Crippen LogP contribution is -2.18. The van der Waals surface area contributed by atoms with Gasteiger partial charge < -0.3 is 4.98 Å². The van der Waals surface area contributed by atoms with Crippen molar-refractivity contribution in [3.05, 3.63) is 69.4 Å². The highest BCUT2D eigenvalue weighted by molar-refractivity contribution is 6.34. The van der Waals surface area contributed by atoms with Crippen molar-refractivity contribution >= 4 is 22.6 Å². The van der Waals surface area contributed by atoms with E-state index in [1.54, 1.807) is 36.4 Å². The molecular formula is C14H10ClFN2O. The Morgan fingerprint density at radius 1 is 1.16 bits per heavy atom. The van der Waals surface area contributed by atoms with Gasteiger partial charge in [-0.15, -0.1) is 0 Å². The van der Waals surface area contributed by atoms with Crippen molar-refractivity contribution in [1.82, 2.24) is 9.55 Å². The fourth-order valence-corrected chi connectivity index (χ4v) is 2.40. The zero-order chi connectivity index (χ0) is 13.4. The van der Waals surface area contributed by atoms with E-state index in [9.17, 15) is 9.18 Å². The van der Waals surface area contributed by atoms with E-state index >= 15 is 0 Å². The molecule has 2 aromatic carbocycles. The van der Waals surface area contributed by atoms with Crippen molar-refractivity contribution in [2.45, 2.75) is 6.54 Å². The van der Waals surface area contributed by atoms with Gasteiger partial charge in [0.1, 0.15) is 5.82 Å². The lowest BCUT2D eigenvalue weighted by atomic mass is 10.2. The molecular weight excluding hydrogens is 267 g/mol. The van der Waals surface area contributed by atoms with Crippen LogP contribution in [-0.4, -0.2) is 9.55 Å². The van der Waals surface area contributed by atoms with Gasteiger partial charge in [-0.2, -0.15) is 0 Å². The molecule has 1 aromatic heterocycles. The molecule has 0 aliphatic heterocycles. The fourth-order valence-electron chi connectivity index (χ4n) is 2.12. The van der Waals surface area contributed by atoms with E-state index in [2.05, 4.69) is 4.98 Å². The molecule has 5 heteroatoms. The van der Waals surface area contributed by atoms with E-state index < -0.39 is 0 Å². The Kier molecular flexibility index (Phi) is 2.87. The lowest BCUT2D eigenvalue weighted by Gasteiger charge is -2.05. The summed E-state index contributed by atoms with van der Waals surface area (Å²) in [5, 5.41) is 0.465. The molecule has 1 N–H and O–H groups in total. The molecule has 0 bridgehead atoms. The average molecular weight is 277 g/mol. The summed E-state index contributed by atoms with van der Waals surface area (Å²) in [5.41, 5.74) is 1.39. The molecule has 0 aliphatic rings. The summed E-state index contributed by atoms with van der Waals surface area (Å²) < 4.78 is 15.1. The third kappa shape index (κ3) is 2.04. The van der Waals surface area contributed by atoms with E-state index in [0.29, 0.717) is 21.6 Å². The normalized spacial score (nSPS) is 11.1. The van der Waals surface area contributed by atoms with Gasteiger partial charge in [-0.1, -0.05) is 35.9 Å². The van der Waals surface area contributed by atoms with Crippen molar-refractivity contribution in [1.29, 1.82) is 0 Å². The number of aromatic amines is 1. The van der Waals surface area contributed by atoms with Crippen LogP contribution in [-0.2, 0) is 6.54 Å². The van der Waals surface area contributed by atoms with Gasteiger partial charge >= 0.3 is 5.69 Å². The molecule has 0 spiro atoms. The SMILES string of the molecule is O=c1[nH]c2cccc(Cl)c2n1Cc1ccccc1F. The second-order valence-corrected chi connectivity index (χ2v) is 4.65. The summed E-state index contributed by atoms with van der Waals surface area (Å²) in [6.07, 6.45) is 0. The van der Waals surface area contributed by atoms with Gasteiger partial charge in [0.15, 0.2) is 0 Å². The smallest absolute Gasteiger partial charge is 0.305 e. The number of hydrogen-bond acceptors (Lipinski definition) is 1. The van der Waals surface area contributed by atoms with E-state index in [1.807, 2.05) is 0 Å². The number of nitrogens with zero attached hydrogens (tertiary/aromatic N) is 1. The monoisotopic (exact) mass is 276 g/mol. The molecule has 0 aliphatic carbocycles. The molecule has 0 saturated carbocycles. The molecule has 3 rings (SSSR count). The number of fused-ring (bicyclic) bond motifs is 1. The van der Waals surface area contributed by atoms with Crippen LogP contribution in [0.15, 0.2) is 47.3 Å². The molecule has 0 unspecified atom stereocenters. The number of halogens is 2. The maximum atomic E-state index is 13.7. The molecule has 96 valence electrons. The molecule has 3 aromatic rings. The summed E-state index contributed by atoms with van der Waals surface area (Å²) in [4.78, 5) is 14.6. The Morgan fingerprint density at radius 2 is 1.95 bits per heavy atom. The number of H-pyrrole nitrogens is 1. The van der Waals surface area contributed by atoms with Crippen molar-refractivity contribution in [3.63, 3.8) is 0 Å². The standard InChI is InChI=1S/C14H10ClFN2O/c15-10-5-3-7-12-13(10)18(14(19)17-12)8-9-4-1-2-6-11(9)16/h1-7H,8H2,(H,17,19). The second kappa shape index (κ2) is 4.55. The van der Waals surface area contributed by atoms with Gasteiger partial charge in [-0.05, 0) is 18.2 Å².